The Hall–Kier alpha value is -0.513. The van der Waals surface area contributed by atoms with Gasteiger partial charge in [0.15, 0.2) is 0 Å². The highest BCUT2D eigenvalue weighted by molar-refractivity contribution is 6.32. The molecule has 0 saturated heterocycles. The fourth-order valence-electron chi connectivity index (χ4n) is 1.26. The first-order chi connectivity index (χ1) is 7.24. The Labute approximate surface area is 95.5 Å². The van der Waals surface area contributed by atoms with E-state index in [9.17, 15) is 4.79 Å². The molecule has 0 heterocycles. The van der Waals surface area contributed by atoms with Crippen molar-refractivity contribution in [1.82, 2.24) is 0 Å². The van der Waals surface area contributed by atoms with E-state index in [1.165, 1.54) is 0 Å². The van der Waals surface area contributed by atoms with Gasteiger partial charge in [0.25, 0.3) is 0 Å². The second-order valence-corrected chi connectivity index (χ2v) is 5.58. The summed E-state index contributed by atoms with van der Waals surface area (Å²) >= 11 is 0. The molecule has 0 aliphatic rings. The maximum absolute atomic E-state index is 11.1. The summed E-state index contributed by atoms with van der Waals surface area (Å²) in [6.07, 6.45) is 4.94. The van der Waals surface area contributed by atoms with Crippen LogP contribution in [0.2, 0.25) is 5.54 Å². The van der Waals surface area contributed by atoms with Crippen molar-refractivity contribution in [3.05, 3.63) is 0 Å². The molecular weight excluding hydrogens is 208 g/mol. The van der Waals surface area contributed by atoms with Gasteiger partial charge in [-0.05, 0) is 12.0 Å². The van der Waals surface area contributed by atoms with Gasteiger partial charge in [-0.25, -0.2) is 4.79 Å². The Kier molecular flexibility index (Phi) is 9.68. The van der Waals surface area contributed by atoms with E-state index in [1.54, 1.807) is 0 Å². The lowest BCUT2D eigenvalue weighted by Crippen LogP contribution is -2.15. The number of rotatable bonds is 8. The standard InChI is InChI=1S/C11H24O3Si/c1-4-7-8-9-13-11(12)14-15-10(5-2)6-3/h10H,4-9,15H2,1-3H3. The number of hydrogen-bond acceptors (Lipinski definition) is 3. The van der Waals surface area contributed by atoms with Crippen molar-refractivity contribution in [2.45, 2.75) is 58.4 Å². The molecule has 4 heteroatoms. The van der Waals surface area contributed by atoms with Crippen LogP contribution in [-0.4, -0.2) is 22.5 Å². The molecule has 3 nitrogen and oxygen atoms in total. The third-order valence-corrected chi connectivity index (χ3v) is 4.59. The van der Waals surface area contributed by atoms with Gasteiger partial charge in [-0.2, -0.15) is 0 Å². The van der Waals surface area contributed by atoms with Gasteiger partial charge in [-0.1, -0.05) is 46.5 Å². The van der Waals surface area contributed by atoms with E-state index in [0.29, 0.717) is 12.1 Å². The molecule has 0 rings (SSSR count). The molecule has 0 aromatic rings. The lowest BCUT2D eigenvalue weighted by atomic mass is 10.3. The van der Waals surface area contributed by atoms with Crippen LogP contribution >= 0.6 is 0 Å². The van der Waals surface area contributed by atoms with Gasteiger partial charge < -0.3 is 9.16 Å². The predicted octanol–water partition coefficient (Wildman–Crippen LogP) is 3.02. The highest BCUT2D eigenvalue weighted by Crippen LogP contribution is 2.13. The maximum Gasteiger partial charge on any atom is 0.493 e. The normalized spacial score (nSPS) is 11.2. The molecule has 0 unspecified atom stereocenters. The monoisotopic (exact) mass is 232 g/mol. The largest absolute Gasteiger partial charge is 0.494 e. The van der Waals surface area contributed by atoms with E-state index in [2.05, 4.69) is 20.8 Å². The summed E-state index contributed by atoms with van der Waals surface area (Å²) in [7, 11) is -0.736. The smallest absolute Gasteiger partial charge is 0.493 e. The van der Waals surface area contributed by atoms with Crippen LogP contribution < -0.4 is 0 Å². The maximum atomic E-state index is 11.1. The van der Waals surface area contributed by atoms with Crippen LogP contribution in [0.5, 0.6) is 0 Å². The molecule has 0 aromatic carbocycles. The van der Waals surface area contributed by atoms with Gasteiger partial charge in [-0.3, -0.25) is 0 Å². The Morgan fingerprint density at radius 1 is 1.20 bits per heavy atom. The summed E-state index contributed by atoms with van der Waals surface area (Å²) < 4.78 is 10.1. The Morgan fingerprint density at radius 2 is 1.87 bits per heavy atom. The fraction of sp³-hybridized carbons (Fsp3) is 0.909. The summed E-state index contributed by atoms with van der Waals surface area (Å²) in [5.41, 5.74) is 0.605. The summed E-state index contributed by atoms with van der Waals surface area (Å²) in [6.45, 7) is 6.90. The molecule has 0 aliphatic carbocycles. The topological polar surface area (TPSA) is 35.5 Å². The van der Waals surface area contributed by atoms with Crippen molar-refractivity contribution in [3.8, 4) is 0 Å². The third-order valence-electron chi connectivity index (χ3n) is 2.56. The van der Waals surface area contributed by atoms with Crippen molar-refractivity contribution in [3.63, 3.8) is 0 Å². The minimum Gasteiger partial charge on any atom is -0.494 e. The van der Waals surface area contributed by atoms with E-state index >= 15 is 0 Å². The molecule has 0 bridgehead atoms. The van der Waals surface area contributed by atoms with E-state index in [4.69, 9.17) is 9.16 Å². The molecule has 0 spiro atoms. The Bertz CT molecular complexity index is 158. The zero-order chi connectivity index (χ0) is 11.5. The molecule has 15 heavy (non-hydrogen) atoms. The number of carbonyl (C=O) groups excluding carboxylic acids is 1. The SMILES string of the molecule is CCCCCOC(=O)O[SiH2]C(CC)CC. The second kappa shape index (κ2) is 10.0. The van der Waals surface area contributed by atoms with Crippen molar-refractivity contribution in [1.29, 1.82) is 0 Å². The quantitative estimate of drug-likeness (QED) is 0.366. The predicted molar refractivity (Wildman–Crippen MR) is 64.8 cm³/mol. The lowest BCUT2D eigenvalue weighted by molar-refractivity contribution is 0.0981. The summed E-state index contributed by atoms with van der Waals surface area (Å²) in [5.74, 6) is 0. The van der Waals surface area contributed by atoms with E-state index < -0.39 is 15.9 Å². The molecular formula is C11H24O3Si. The molecule has 0 N–H and O–H groups in total. The van der Waals surface area contributed by atoms with E-state index in [1.807, 2.05) is 0 Å². The molecule has 0 aliphatic heterocycles. The van der Waals surface area contributed by atoms with Crippen molar-refractivity contribution in [2.75, 3.05) is 6.61 Å². The zero-order valence-corrected chi connectivity index (χ0v) is 11.7. The van der Waals surface area contributed by atoms with Gasteiger partial charge in [0.2, 0.25) is 9.76 Å². The Balaban J connectivity index is 3.40. The minimum absolute atomic E-state index is 0.454. The van der Waals surface area contributed by atoms with Crippen LogP contribution in [0.25, 0.3) is 0 Å². The molecule has 0 fully saturated rings. The number of ether oxygens (including phenoxy) is 1. The van der Waals surface area contributed by atoms with Crippen LogP contribution in [0.1, 0.15) is 52.9 Å². The molecule has 0 radical (unpaired) electrons. The molecule has 0 aromatic heterocycles. The lowest BCUT2D eigenvalue weighted by Gasteiger charge is -2.11. The summed E-state index contributed by atoms with van der Waals surface area (Å²) in [4.78, 5) is 11.1. The first-order valence-electron chi connectivity index (χ1n) is 6.04. The van der Waals surface area contributed by atoms with Crippen molar-refractivity contribution >= 4 is 15.9 Å². The third kappa shape index (κ3) is 8.48. The first-order valence-corrected chi connectivity index (χ1v) is 7.43. The van der Waals surface area contributed by atoms with Crippen LogP contribution in [0.3, 0.4) is 0 Å². The number of unbranched alkanes of at least 4 members (excludes halogenated alkanes) is 2. The van der Waals surface area contributed by atoms with Gasteiger partial charge in [0.1, 0.15) is 0 Å². The van der Waals surface area contributed by atoms with Gasteiger partial charge in [-0.15, -0.1) is 0 Å². The number of carbonyl (C=O) groups is 1. The average Bonchev–Trinajstić information content (AvgIpc) is 2.26. The minimum atomic E-state index is -0.736. The van der Waals surface area contributed by atoms with Crippen LogP contribution in [0, 0.1) is 0 Å². The fourth-order valence-corrected chi connectivity index (χ4v) is 2.19. The average molecular weight is 232 g/mol. The molecule has 90 valence electrons. The highest BCUT2D eigenvalue weighted by atomic mass is 28.2. The van der Waals surface area contributed by atoms with Crippen LogP contribution in [0.4, 0.5) is 4.79 Å². The summed E-state index contributed by atoms with van der Waals surface area (Å²) in [6, 6.07) is 0. The van der Waals surface area contributed by atoms with Crippen molar-refractivity contribution < 1.29 is 14.0 Å². The highest BCUT2D eigenvalue weighted by Gasteiger charge is 2.09. The van der Waals surface area contributed by atoms with Crippen LogP contribution in [0.15, 0.2) is 0 Å². The van der Waals surface area contributed by atoms with Crippen LogP contribution in [-0.2, 0) is 9.16 Å². The molecule has 0 amide bonds. The van der Waals surface area contributed by atoms with Gasteiger partial charge >= 0.3 is 6.16 Å². The molecule has 0 saturated carbocycles. The van der Waals surface area contributed by atoms with Gasteiger partial charge in [0.05, 0.1) is 6.61 Å². The van der Waals surface area contributed by atoms with E-state index in [-0.39, 0.29) is 0 Å². The van der Waals surface area contributed by atoms with Crippen molar-refractivity contribution in [2.24, 2.45) is 0 Å². The first kappa shape index (κ1) is 14.5. The summed E-state index contributed by atoms with van der Waals surface area (Å²) in [5, 5.41) is 0. The zero-order valence-electron chi connectivity index (χ0n) is 10.3. The number of hydrogen-bond donors (Lipinski definition) is 0. The van der Waals surface area contributed by atoms with E-state index in [0.717, 1.165) is 32.1 Å². The van der Waals surface area contributed by atoms with Gasteiger partial charge in [0, 0.05) is 0 Å². The Morgan fingerprint density at radius 3 is 2.40 bits per heavy atom. The second-order valence-electron chi connectivity index (χ2n) is 3.80. The molecule has 0 atom stereocenters.